The average Bonchev–Trinajstić information content (AvgIpc) is 2.55. The summed E-state index contributed by atoms with van der Waals surface area (Å²) in [5, 5.41) is 2.58. The van der Waals surface area contributed by atoms with Crippen molar-refractivity contribution in [2.45, 2.75) is 26.3 Å². The number of rotatable bonds is 3. The number of benzene rings is 1. The number of halogens is 1. The van der Waals surface area contributed by atoms with Gasteiger partial charge >= 0.3 is 6.03 Å². The molecule has 3 amide bonds. The Kier molecular flexibility index (Phi) is 3.32. The minimum Gasteiger partial charge on any atom is -0.325 e. The highest BCUT2D eigenvalue weighted by molar-refractivity contribution is 6.21. The van der Waals surface area contributed by atoms with Crippen molar-refractivity contribution < 1.29 is 14.0 Å². The zero-order chi connectivity index (χ0) is 13.3. The van der Waals surface area contributed by atoms with Crippen molar-refractivity contribution in [3.05, 3.63) is 30.1 Å². The van der Waals surface area contributed by atoms with Gasteiger partial charge in [0.15, 0.2) is 0 Å². The molecular weight excluding hydrogens is 235 g/mol. The lowest BCUT2D eigenvalue weighted by Crippen LogP contribution is -2.32. The molecule has 5 heteroatoms. The first-order chi connectivity index (χ1) is 8.50. The molecule has 0 bridgehead atoms. The number of carbonyl (C=O) groups excluding carboxylic acids is 2. The van der Waals surface area contributed by atoms with Gasteiger partial charge < -0.3 is 5.32 Å². The molecule has 0 saturated carbocycles. The minimum absolute atomic E-state index is 0.00579. The monoisotopic (exact) mass is 250 g/mol. The van der Waals surface area contributed by atoms with Crippen molar-refractivity contribution in [2.75, 3.05) is 4.90 Å². The number of nitrogens with one attached hydrogen (secondary N) is 1. The SMILES string of the molecule is CC(C)CC1NC(=O)N(c2ccccc2F)C1=O. The number of carbonyl (C=O) groups is 2. The molecule has 1 aromatic carbocycles. The molecule has 96 valence electrons. The molecule has 1 atom stereocenters. The van der Waals surface area contributed by atoms with Crippen LogP contribution in [0.5, 0.6) is 0 Å². The van der Waals surface area contributed by atoms with Crippen LogP contribution in [0.1, 0.15) is 20.3 Å². The number of nitrogens with zero attached hydrogens (tertiary/aromatic N) is 1. The fraction of sp³-hybridized carbons (Fsp3) is 0.385. The molecule has 0 spiro atoms. The van der Waals surface area contributed by atoms with Crippen molar-refractivity contribution in [1.82, 2.24) is 5.32 Å². The van der Waals surface area contributed by atoms with Crippen LogP contribution in [0.2, 0.25) is 0 Å². The Morgan fingerprint density at radius 3 is 2.61 bits per heavy atom. The predicted octanol–water partition coefficient (Wildman–Crippen LogP) is 2.30. The van der Waals surface area contributed by atoms with Gasteiger partial charge in [-0.25, -0.2) is 14.1 Å². The fourth-order valence-electron chi connectivity index (χ4n) is 2.02. The number of hydrogen-bond donors (Lipinski definition) is 1. The number of anilines is 1. The van der Waals surface area contributed by atoms with Crippen LogP contribution < -0.4 is 10.2 Å². The summed E-state index contributed by atoms with van der Waals surface area (Å²) in [7, 11) is 0. The molecule has 1 aliphatic heterocycles. The normalized spacial score (nSPS) is 19.6. The second-order valence-electron chi connectivity index (χ2n) is 4.76. The molecule has 0 aliphatic carbocycles. The van der Waals surface area contributed by atoms with Crippen molar-refractivity contribution in [3.63, 3.8) is 0 Å². The molecule has 1 N–H and O–H groups in total. The van der Waals surface area contributed by atoms with Gasteiger partial charge in [-0.2, -0.15) is 0 Å². The molecule has 0 radical (unpaired) electrons. The van der Waals surface area contributed by atoms with Crippen LogP contribution >= 0.6 is 0 Å². The van der Waals surface area contributed by atoms with Crippen molar-refractivity contribution >= 4 is 17.6 Å². The fourth-order valence-corrected chi connectivity index (χ4v) is 2.02. The molecule has 1 unspecified atom stereocenters. The Bertz CT molecular complexity index is 488. The first-order valence-corrected chi connectivity index (χ1v) is 5.89. The number of urea groups is 1. The van der Waals surface area contributed by atoms with E-state index in [1.54, 1.807) is 6.07 Å². The topological polar surface area (TPSA) is 49.4 Å². The minimum atomic E-state index is -0.578. The van der Waals surface area contributed by atoms with Gasteiger partial charge in [-0.1, -0.05) is 26.0 Å². The van der Waals surface area contributed by atoms with E-state index in [1.807, 2.05) is 13.8 Å². The van der Waals surface area contributed by atoms with E-state index in [0.29, 0.717) is 6.42 Å². The molecule has 1 heterocycles. The first-order valence-electron chi connectivity index (χ1n) is 5.89. The van der Waals surface area contributed by atoms with Crippen molar-refractivity contribution in [2.24, 2.45) is 5.92 Å². The van der Waals surface area contributed by atoms with Crippen LogP contribution in [0.3, 0.4) is 0 Å². The average molecular weight is 250 g/mol. The van der Waals surface area contributed by atoms with E-state index in [2.05, 4.69) is 5.32 Å². The maximum atomic E-state index is 13.6. The molecule has 1 saturated heterocycles. The Morgan fingerprint density at radius 1 is 1.33 bits per heavy atom. The Balaban J connectivity index is 2.27. The molecule has 0 aromatic heterocycles. The third kappa shape index (κ3) is 2.20. The van der Waals surface area contributed by atoms with Crippen LogP contribution in [0.4, 0.5) is 14.9 Å². The summed E-state index contributed by atoms with van der Waals surface area (Å²) in [5.74, 6) is -0.690. The van der Waals surface area contributed by atoms with E-state index in [1.165, 1.54) is 18.2 Å². The summed E-state index contributed by atoms with van der Waals surface area (Å²) in [5.41, 5.74) is 0.00579. The summed E-state index contributed by atoms with van der Waals surface area (Å²) >= 11 is 0. The predicted molar refractivity (Wildman–Crippen MR) is 65.7 cm³/mol. The third-order valence-corrected chi connectivity index (χ3v) is 2.82. The molecule has 4 nitrogen and oxygen atoms in total. The maximum Gasteiger partial charge on any atom is 0.329 e. The maximum absolute atomic E-state index is 13.6. The highest BCUT2D eigenvalue weighted by atomic mass is 19.1. The highest BCUT2D eigenvalue weighted by Crippen LogP contribution is 2.24. The molecular formula is C13H15FN2O2. The van der Waals surface area contributed by atoms with Crippen LogP contribution in [0.15, 0.2) is 24.3 Å². The van der Waals surface area contributed by atoms with Gasteiger partial charge in [0, 0.05) is 0 Å². The van der Waals surface area contributed by atoms with Crippen LogP contribution in [0, 0.1) is 11.7 Å². The molecule has 2 rings (SSSR count). The molecule has 1 aliphatic rings. The highest BCUT2D eigenvalue weighted by Gasteiger charge is 2.40. The van der Waals surface area contributed by atoms with E-state index in [9.17, 15) is 14.0 Å². The van der Waals surface area contributed by atoms with Gasteiger partial charge in [-0.3, -0.25) is 4.79 Å². The van der Waals surface area contributed by atoms with Crippen molar-refractivity contribution in [3.8, 4) is 0 Å². The third-order valence-electron chi connectivity index (χ3n) is 2.82. The zero-order valence-corrected chi connectivity index (χ0v) is 10.3. The molecule has 1 fully saturated rings. The number of para-hydroxylation sites is 1. The Labute approximate surface area is 105 Å². The lowest BCUT2D eigenvalue weighted by atomic mass is 10.0. The summed E-state index contributed by atoms with van der Waals surface area (Å²) in [6.45, 7) is 3.93. The van der Waals surface area contributed by atoms with Gasteiger partial charge in [0.25, 0.3) is 5.91 Å². The van der Waals surface area contributed by atoms with Crippen LogP contribution in [0.25, 0.3) is 0 Å². The van der Waals surface area contributed by atoms with Gasteiger partial charge in [0.2, 0.25) is 0 Å². The van der Waals surface area contributed by atoms with Crippen LogP contribution in [-0.2, 0) is 4.79 Å². The van der Waals surface area contributed by atoms with E-state index in [4.69, 9.17) is 0 Å². The molecule has 1 aromatic rings. The van der Waals surface area contributed by atoms with E-state index in [-0.39, 0.29) is 17.5 Å². The van der Waals surface area contributed by atoms with Crippen LogP contribution in [-0.4, -0.2) is 18.0 Å². The second kappa shape index (κ2) is 4.76. The largest absolute Gasteiger partial charge is 0.329 e. The van der Waals surface area contributed by atoms with E-state index >= 15 is 0 Å². The number of imide groups is 1. The first kappa shape index (κ1) is 12.5. The number of amides is 3. The zero-order valence-electron chi connectivity index (χ0n) is 10.3. The number of hydrogen-bond acceptors (Lipinski definition) is 2. The Hall–Kier alpha value is -1.91. The van der Waals surface area contributed by atoms with Gasteiger partial charge in [-0.15, -0.1) is 0 Å². The van der Waals surface area contributed by atoms with Crippen molar-refractivity contribution in [1.29, 1.82) is 0 Å². The standard InChI is InChI=1S/C13H15FN2O2/c1-8(2)7-10-12(17)16(13(18)15-10)11-6-4-3-5-9(11)14/h3-6,8,10H,7H2,1-2H3,(H,15,18). The smallest absolute Gasteiger partial charge is 0.325 e. The van der Waals surface area contributed by atoms with E-state index in [0.717, 1.165) is 4.90 Å². The second-order valence-corrected chi connectivity index (χ2v) is 4.76. The lowest BCUT2D eigenvalue weighted by molar-refractivity contribution is -0.118. The Morgan fingerprint density at radius 2 is 2.00 bits per heavy atom. The van der Waals surface area contributed by atoms with E-state index < -0.39 is 17.9 Å². The summed E-state index contributed by atoms with van der Waals surface area (Å²) < 4.78 is 13.6. The lowest BCUT2D eigenvalue weighted by Gasteiger charge is -2.14. The van der Waals surface area contributed by atoms with Gasteiger partial charge in [0.1, 0.15) is 11.9 Å². The van der Waals surface area contributed by atoms with Gasteiger partial charge in [0.05, 0.1) is 5.69 Å². The van der Waals surface area contributed by atoms with Gasteiger partial charge in [-0.05, 0) is 24.5 Å². The summed E-state index contributed by atoms with van der Waals surface area (Å²) in [6.07, 6.45) is 0.551. The summed E-state index contributed by atoms with van der Waals surface area (Å²) in [6, 6.07) is 4.64. The molecule has 18 heavy (non-hydrogen) atoms. The quantitative estimate of drug-likeness (QED) is 0.837. The summed E-state index contributed by atoms with van der Waals surface area (Å²) in [4.78, 5) is 24.7.